The first-order valence-corrected chi connectivity index (χ1v) is 16.1. The van der Waals surface area contributed by atoms with Crippen molar-refractivity contribution in [1.82, 2.24) is 24.4 Å². The van der Waals surface area contributed by atoms with Gasteiger partial charge in [-0.2, -0.15) is 13.2 Å². The molecule has 0 radical (unpaired) electrons. The van der Waals surface area contributed by atoms with Gasteiger partial charge in [0, 0.05) is 59.2 Å². The van der Waals surface area contributed by atoms with Crippen LogP contribution in [0.2, 0.25) is 0 Å². The van der Waals surface area contributed by atoms with Crippen LogP contribution in [-0.2, 0) is 11.9 Å². The van der Waals surface area contributed by atoms with Gasteiger partial charge in [0.15, 0.2) is 16.7 Å². The minimum atomic E-state index is -4.40. The third kappa shape index (κ3) is 5.87. The molecule has 1 fully saturated rings. The van der Waals surface area contributed by atoms with Crippen LogP contribution in [0.4, 0.5) is 13.2 Å². The van der Waals surface area contributed by atoms with E-state index in [0.717, 1.165) is 51.1 Å². The molecule has 4 heterocycles. The average molecular weight is 669 g/mol. The first-order chi connectivity index (χ1) is 23.1. The SMILES string of the molecule is C=C(c1cc2ccc(-c3cccnc3)cc2[nH]1)N1CC(n2c(SCc3ccc(C(F)(F)F)cc3)nc3cc(OC)c(OC)cc3c2=N)C1. The maximum absolute atomic E-state index is 13.1. The highest BCUT2D eigenvalue weighted by Crippen LogP contribution is 2.36. The van der Waals surface area contributed by atoms with E-state index in [1.807, 2.05) is 22.9 Å². The Balaban J connectivity index is 1.16. The van der Waals surface area contributed by atoms with Gasteiger partial charge in [-0.1, -0.05) is 48.7 Å². The minimum absolute atomic E-state index is 0.0871. The van der Waals surface area contributed by atoms with Crippen molar-refractivity contribution in [2.75, 3.05) is 27.3 Å². The van der Waals surface area contributed by atoms with Crippen molar-refractivity contribution in [2.24, 2.45) is 0 Å². The van der Waals surface area contributed by atoms with Gasteiger partial charge in [-0.05, 0) is 47.5 Å². The molecule has 0 unspecified atom stereocenters. The van der Waals surface area contributed by atoms with E-state index in [0.29, 0.717) is 46.4 Å². The highest BCUT2D eigenvalue weighted by molar-refractivity contribution is 7.98. The average Bonchev–Trinajstić information content (AvgIpc) is 3.51. The quantitative estimate of drug-likeness (QED) is 0.120. The number of nitrogens with zero attached hydrogens (tertiary/aromatic N) is 4. The van der Waals surface area contributed by atoms with Crippen LogP contribution < -0.4 is 15.0 Å². The summed E-state index contributed by atoms with van der Waals surface area (Å²) in [6, 6.07) is 20.8. The number of pyridine rings is 1. The molecule has 1 aliphatic heterocycles. The van der Waals surface area contributed by atoms with Crippen LogP contribution in [0.1, 0.15) is 22.9 Å². The molecule has 0 spiro atoms. The number of alkyl halides is 3. The van der Waals surface area contributed by atoms with Gasteiger partial charge in [0.1, 0.15) is 5.49 Å². The molecule has 3 aromatic carbocycles. The van der Waals surface area contributed by atoms with Crippen LogP contribution in [0.15, 0.2) is 96.9 Å². The lowest BCUT2D eigenvalue weighted by atomic mass is 10.1. The Kier molecular flexibility index (Phi) is 8.12. The van der Waals surface area contributed by atoms with E-state index in [1.54, 1.807) is 25.4 Å². The van der Waals surface area contributed by atoms with Crippen molar-refractivity contribution < 1.29 is 22.6 Å². The first kappa shape index (κ1) is 31.4. The molecule has 0 bridgehead atoms. The summed E-state index contributed by atoms with van der Waals surface area (Å²) >= 11 is 1.38. The first-order valence-electron chi connectivity index (χ1n) is 15.1. The summed E-state index contributed by atoms with van der Waals surface area (Å²) in [6.45, 7) is 5.58. The number of likely N-dealkylation sites (tertiary alicyclic amines) is 1. The van der Waals surface area contributed by atoms with Crippen molar-refractivity contribution in [1.29, 1.82) is 5.41 Å². The molecule has 0 saturated carbocycles. The highest BCUT2D eigenvalue weighted by Gasteiger charge is 2.33. The normalized spacial score (nSPS) is 13.6. The van der Waals surface area contributed by atoms with E-state index in [2.05, 4.69) is 45.7 Å². The third-order valence-corrected chi connectivity index (χ3v) is 9.63. The van der Waals surface area contributed by atoms with Crippen molar-refractivity contribution in [3.8, 4) is 22.6 Å². The number of rotatable bonds is 9. The summed E-state index contributed by atoms with van der Waals surface area (Å²) in [5, 5.41) is 11.5. The maximum Gasteiger partial charge on any atom is 0.416 e. The Labute approximate surface area is 278 Å². The second kappa shape index (κ2) is 12.4. The molecule has 12 heteroatoms. The Bertz CT molecular complexity index is 2210. The number of methoxy groups -OCH3 is 2. The molecule has 0 aliphatic carbocycles. The number of nitrogens with one attached hydrogen (secondary N) is 2. The second-order valence-corrected chi connectivity index (χ2v) is 12.5. The van der Waals surface area contributed by atoms with Crippen LogP contribution in [0, 0.1) is 5.41 Å². The fraction of sp³-hybridized carbons (Fsp3) is 0.194. The molecule has 2 N–H and O–H groups in total. The molecule has 1 saturated heterocycles. The lowest BCUT2D eigenvalue weighted by Crippen LogP contribution is -2.49. The standard InChI is InChI=1S/C36H31F3N6O2S/c1-21(29-14-24-9-8-23(13-30(24)42-29)25-5-4-12-41-17-25)44-18-27(19-44)45-34(40)28-15-32(46-2)33(47-3)16-31(28)43-35(45)48-20-22-6-10-26(11-7-22)36(37,38)39/h4-17,27,40,42H,1,18-20H2,2-3H3. The fourth-order valence-corrected chi connectivity index (χ4v) is 6.95. The van der Waals surface area contributed by atoms with Crippen molar-refractivity contribution >= 4 is 39.3 Å². The second-order valence-electron chi connectivity index (χ2n) is 11.6. The van der Waals surface area contributed by atoms with Gasteiger partial charge in [0.2, 0.25) is 0 Å². The highest BCUT2D eigenvalue weighted by atomic mass is 32.2. The number of H-pyrrole nitrogens is 1. The molecule has 0 amide bonds. The monoisotopic (exact) mass is 668 g/mol. The van der Waals surface area contributed by atoms with Gasteiger partial charge in [-0.15, -0.1) is 0 Å². The zero-order valence-electron chi connectivity index (χ0n) is 26.1. The maximum atomic E-state index is 13.1. The van der Waals surface area contributed by atoms with Gasteiger partial charge in [-0.3, -0.25) is 15.0 Å². The predicted molar refractivity (Wildman–Crippen MR) is 181 cm³/mol. The van der Waals surface area contributed by atoms with Gasteiger partial charge >= 0.3 is 6.18 Å². The van der Waals surface area contributed by atoms with E-state index in [1.165, 1.54) is 31.0 Å². The molecule has 7 rings (SSSR count). The Hall–Kier alpha value is -5.23. The molecule has 244 valence electrons. The number of ether oxygens (including phenoxy) is 2. The number of hydrogen-bond acceptors (Lipinski definition) is 7. The molecule has 3 aromatic heterocycles. The minimum Gasteiger partial charge on any atom is -0.493 e. The fourth-order valence-electron chi connectivity index (χ4n) is 5.92. The number of benzene rings is 3. The van der Waals surface area contributed by atoms with Crippen LogP contribution >= 0.6 is 11.8 Å². The summed E-state index contributed by atoms with van der Waals surface area (Å²) in [5.74, 6) is 1.36. The van der Waals surface area contributed by atoms with Gasteiger partial charge in [0.05, 0.1) is 42.7 Å². The number of fused-ring (bicyclic) bond motifs is 2. The van der Waals surface area contributed by atoms with Crippen LogP contribution in [0.25, 0.3) is 38.6 Å². The summed E-state index contributed by atoms with van der Waals surface area (Å²) in [4.78, 5) is 14.8. The summed E-state index contributed by atoms with van der Waals surface area (Å²) in [6.07, 6.45) is -0.804. The zero-order valence-corrected chi connectivity index (χ0v) is 27.0. The number of thioether (sulfide) groups is 1. The number of aromatic nitrogens is 4. The van der Waals surface area contributed by atoms with Crippen LogP contribution in [0.5, 0.6) is 11.5 Å². The lowest BCUT2D eigenvalue weighted by Gasteiger charge is -2.43. The van der Waals surface area contributed by atoms with Crippen LogP contribution in [0.3, 0.4) is 0 Å². The molecule has 6 aromatic rings. The Morgan fingerprint density at radius 2 is 1.75 bits per heavy atom. The summed E-state index contributed by atoms with van der Waals surface area (Å²) < 4.78 is 52.3. The van der Waals surface area contributed by atoms with Crippen molar-refractivity contribution in [3.05, 3.63) is 114 Å². The summed E-state index contributed by atoms with van der Waals surface area (Å²) in [7, 11) is 3.08. The largest absolute Gasteiger partial charge is 0.493 e. The van der Waals surface area contributed by atoms with Crippen molar-refractivity contribution in [2.45, 2.75) is 23.1 Å². The van der Waals surface area contributed by atoms with E-state index in [9.17, 15) is 18.6 Å². The smallest absolute Gasteiger partial charge is 0.416 e. The van der Waals surface area contributed by atoms with E-state index < -0.39 is 11.7 Å². The van der Waals surface area contributed by atoms with E-state index in [-0.39, 0.29) is 11.5 Å². The Morgan fingerprint density at radius 1 is 1.00 bits per heavy atom. The number of hydrogen-bond donors (Lipinski definition) is 2. The van der Waals surface area contributed by atoms with Gasteiger partial charge in [-0.25, -0.2) is 4.98 Å². The lowest BCUT2D eigenvalue weighted by molar-refractivity contribution is -0.137. The topological polar surface area (TPSA) is 92.1 Å². The molecular formula is C36H31F3N6O2S. The zero-order chi connectivity index (χ0) is 33.6. The molecule has 48 heavy (non-hydrogen) atoms. The van der Waals surface area contributed by atoms with Gasteiger partial charge in [0.25, 0.3) is 0 Å². The van der Waals surface area contributed by atoms with E-state index >= 15 is 0 Å². The molecule has 1 aliphatic rings. The molecular weight excluding hydrogens is 637 g/mol. The Morgan fingerprint density at radius 3 is 2.44 bits per heavy atom. The molecule has 0 atom stereocenters. The van der Waals surface area contributed by atoms with Crippen LogP contribution in [-0.4, -0.2) is 51.7 Å². The van der Waals surface area contributed by atoms with Crippen molar-refractivity contribution in [3.63, 3.8) is 0 Å². The van der Waals surface area contributed by atoms with E-state index in [4.69, 9.17) is 14.5 Å². The predicted octanol–water partition coefficient (Wildman–Crippen LogP) is 7.91. The number of halogens is 3. The molecule has 8 nitrogen and oxygen atoms in total. The summed E-state index contributed by atoms with van der Waals surface area (Å²) in [5.41, 5.74) is 5.71. The number of aromatic amines is 1. The third-order valence-electron chi connectivity index (χ3n) is 8.61. The van der Waals surface area contributed by atoms with Gasteiger partial charge < -0.3 is 19.4 Å².